The molecule has 0 heterocycles. The smallest absolute Gasteiger partial charge is 0.341 e. The van der Waals surface area contributed by atoms with Crippen LogP contribution in [0.1, 0.15) is 0 Å². The van der Waals surface area contributed by atoms with Gasteiger partial charge in [-0.1, -0.05) is 11.6 Å². The first-order valence-corrected chi connectivity index (χ1v) is 8.75. The highest BCUT2D eigenvalue weighted by Gasteiger charge is 2.14. The molecule has 9 heteroatoms. The summed E-state index contributed by atoms with van der Waals surface area (Å²) in [4.78, 5) is 10.6. The van der Waals surface area contributed by atoms with Gasteiger partial charge in [0.1, 0.15) is 11.6 Å². The molecule has 0 atom stereocenters. The zero-order chi connectivity index (χ0) is 17.9. The van der Waals surface area contributed by atoms with Crippen molar-refractivity contribution in [3.05, 3.63) is 47.2 Å². The SMILES string of the molecule is CS(=O)(=O)c1ccc(Oc2cc(F)ccc2OCC(=O)O)c(Cl)c1. The Bertz CT molecular complexity index is 882. The summed E-state index contributed by atoms with van der Waals surface area (Å²) in [6.45, 7) is -0.636. The van der Waals surface area contributed by atoms with Gasteiger partial charge in [-0.05, 0) is 30.3 Å². The van der Waals surface area contributed by atoms with Crippen molar-refractivity contribution in [1.29, 1.82) is 0 Å². The van der Waals surface area contributed by atoms with Crippen molar-refractivity contribution < 1.29 is 32.2 Å². The van der Waals surface area contributed by atoms with Crippen LogP contribution in [0.4, 0.5) is 4.39 Å². The Kier molecular flexibility index (Phi) is 5.30. The van der Waals surface area contributed by atoms with Gasteiger partial charge in [-0.25, -0.2) is 17.6 Å². The summed E-state index contributed by atoms with van der Waals surface area (Å²) in [6.07, 6.45) is 1.03. The minimum absolute atomic E-state index is 0.00134. The van der Waals surface area contributed by atoms with Crippen molar-refractivity contribution in [2.75, 3.05) is 12.9 Å². The number of aliphatic carboxylic acids is 1. The summed E-state index contributed by atoms with van der Waals surface area (Å²) < 4.78 is 46.8. The van der Waals surface area contributed by atoms with Gasteiger partial charge in [0, 0.05) is 12.3 Å². The monoisotopic (exact) mass is 374 g/mol. The third-order valence-corrected chi connectivity index (χ3v) is 4.21. The van der Waals surface area contributed by atoms with E-state index < -0.39 is 28.2 Å². The summed E-state index contributed by atoms with van der Waals surface area (Å²) >= 11 is 5.99. The third-order valence-electron chi connectivity index (χ3n) is 2.81. The quantitative estimate of drug-likeness (QED) is 0.835. The molecule has 2 aromatic carbocycles. The lowest BCUT2D eigenvalue weighted by Gasteiger charge is -2.13. The van der Waals surface area contributed by atoms with Crippen molar-refractivity contribution in [3.8, 4) is 17.2 Å². The van der Waals surface area contributed by atoms with Gasteiger partial charge in [-0.15, -0.1) is 0 Å². The molecule has 128 valence electrons. The van der Waals surface area contributed by atoms with Gasteiger partial charge in [0.25, 0.3) is 0 Å². The molecule has 0 bridgehead atoms. The number of carboxylic acids is 1. The summed E-state index contributed by atoms with van der Waals surface area (Å²) in [7, 11) is -3.44. The van der Waals surface area contributed by atoms with E-state index in [1.54, 1.807) is 0 Å². The molecule has 1 N–H and O–H groups in total. The summed E-state index contributed by atoms with van der Waals surface area (Å²) in [5, 5.41) is 8.64. The van der Waals surface area contributed by atoms with E-state index in [0.29, 0.717) is 0 Å². The van der Waals surface area contributed by atoms with E-state index in [2.05, 4.69) is 0 Å². The molecule has 6 nitrogen and oxygen atoms in total. The maximum atomic E-state index is 13.4. The standard InChI is InChI=1S/C15H12ClFO6S/c1-24(20,21)10-3-5-12(11(16)7-10)23-14-6-9(17)2-4-13(14)22-8-15(18)19/h2-7H,8H2,1H3,(H,18,19). The van der Waals surface area contributed by atoms with E-state index in [0.717, 1.165) is 18.4 Å². The van der Waals surface area contributed by atoms with Gasteiger partial charge < -0.3 is 14.6 Å². The van der Waals surface area contributed by atoms with Crippen LogP contribution in [0.25, 0.3) is 0 Å². The normalized spacial score (nSPS) is 11.1. The predicted octanol–water partition coefficient (Wildman–Crippen LogP) is 3.14. The lowest BCUT2D eigenvalue weighted by molar-refractivity contribution is -0.139. The second-order valence-corrected chi connectivity index (χ2v) is 7.16. The summed E-state index contributed by atoms with van der Waals surface area (Å²) in [6, 6.07) is 7.09. The van der Waals surface area contributed by atoms with Gasteiger partial charge >= 0.3 is 5.97 Å². The van der Waals surface area contributed by atoms with Crippen LogP contribution >= 0.6 is 11.6 Å². The van der Waals surface area contributed by atoms with Crippen molar-refractivity contribution in [1.82, 2.24) is 0 Å². The Morgan fingerprint density at radius 1 is 1.17 bits per heavy atom. The van der Waals surface area contributed by atoms with Crippen molar-refractivity contribution in [2.45, 2.75) is 4.90 Å². The van der Waals surface area contributed by atoms with Crippen molar-refractivity contribution in [2.24, 2.45) is 0 Å². The first kappa shape index (κ1) is 18.0. The number of benzene rings is 2. The number of rotatable bonds is 6. The maximum absolute atomic E-state index is 13.4. The fraction of sp³-hybridized carbons (Fsp3) is 0.133. The third kappa shape index (κ3) is 4.59. The number of carbonyl (C=O) groups is 1. The number of halogens is 2. The van der Waals surface area contributed by atoms with Crippen LogP contribution in [0.3, 0.4) is 0 Å². The minimum atomic E-state index is -3.44. The van der Waals surface area contributed by atoms with E-state index >= 15 is 0 Å². The first-order valence-electron chi connectivity index (χ1n) is 6.48. The molecule has 0 aliphatic rings. The Balaban J connectivity index is 2.33. The van der Waals surface area contributed by atoms with Gasteiger partial charge in [0.15, 0.2) is 27.9 Å². The molecule has 0 amide bonds. The highest BCUT2D eigenvalue weighted by Crippen LogP contribution is 2.36. The molecule has 0 spiro atoms. The van der Waals surface area contributed by atoms with Crippen LogP contribution in [0.15, 0.2) is 41.3 Å². The topological polar surface area (TPSA) is 89.9 Å². The van der Waals surface area contributed by atoms with Gasteiger partial charge in [0.05, 0.1) is 9.92 Å². The summed E-state index contributed by atoms with van der Waals surface area (Å²) in [5.74, 6) is -1.86. The number of hydrogen-bond acceptors (Lipinski definition) is 5. The molecule has 0 aliphatic heterocycles. The zero-order valence-electron chi connectivity index (χ0n) is 12.3. The Hall–Kier alpha value is -2.32. The fourth-order valence-corrected chi connectivity index (χ4v) is 2.66. The highest BCUT2D eigenvalue weighted by atomic mass is 35.5. The van der Waals surface area contributed by atoms with E-state index in [-0.39, 0.29) is 27.2 Å². The van der Waals surface area contributed by atoms with Crippen LogP contribution in [-0.4, -0.2) is 32.4 Å². The largest absolute Gasteiger partial charge is 0.479 e. The fourth-order valence-electron chi connectivity index (χ4n) is 1.73. The molecule has 2 rings (SSSR count). The van der Waals surface area contributed by atoms with Crippen LogP contribution in [0.2, 0.25) is 5.02 Å². The van der Waals surface area contributed by atoms with Gasteiger partial charge in [-0.3, -0.25) is 0 Å². The van der Waals surface area contributed by atoms with Crippen LogP contribution in [0.5, 0.6) is 17.2 Å². The molecule has 0 saturated heterocycles. The molecule has 0 fully saturated rings. The average molecular weight is 375 g/mol. The van der Waals surface area contributed by atoms with Crippen molar-refractivity contribution >= 4 is 27.4 Å². The van der Waals surface area contributed by atoms with E-state index in [1.165, 1.54) is 24.3 Å². The molecule has 2 aromatic rings. The Morgan fingerprint density at radius 2 is 1.83 bits per heavy atom. The van der Waals surface area contributed by atoms with E-state index in [4.69, 9.17) is 26.2 Å². The number of carboxylic acid groups (broad SMARTS) is 1. The lowest BCUT2D eigenvalue weighted by Crippen LogP contribution is -2.10. The minimum Gasteiger partial charge on any atom is -0.479 e. The lowest BCUT2D eigenvalue weighted by atomic mass is 10.3. The van der Waals surface area contributed by atoms with Crippen molar-refractivity contribution in [3.63, 3.8) is 0 Å². The number of hydrogen-bond donors (Lipinski definition) is 1. The number of ether oxygens (including phenoxy) is 2. The predicted molar refractivity (Wildman–Crippen MR) is 84.2 cm³/mol. The zero-order valence-corrected chi connectivity index (χ0v) is 13.9. The molecule has 0 unspecified atom stereocenters. The second kappa shape index (κ2) is 7.06. The number of sulfone groups is 1. The molecule has 0 aromatic heterocycles. The summed E-state index contributed by atoms with van der Waals surface area (Å²) in [5.41, 5.74) is 0. The molecule has 24 heavy (non-hydrogen) atoms. The van der Waals surface area contributed by atoms with Gasteiger partial charge in [-0.2, -0.15) is 0 Å². The molecular weight excluding hydrogens is 363 g/mol. The van der Waals surface area contributed by atoms with E-state index in [9.17, 15) is 17.6 Å². The van der Waals surface area contributed by atoms with Crippen LogP contribution in [-0.2, 0) is 14.6 Å². The second-order valence-electron chi connectivity index (χ2n) is 4.74. The first-order chi connectivity index (χ1) is 11.2. The molecule has 0 saturated carbocycles. The van der Waals surface area contributed by atoms with Crippen LogP contribution < -0.4 is 9.47 Å². The average Bonchev–Trinajstić information content (AvgIpc) is 2.47. The molecule has 0 radical (unpaired) electrons. The Labute approximate surface area is 142 Å². The van der Waals surface area contributed by atoms with Crippen LogP contribution in [0, 0.1) is 5.82 Å². The van der Waals surface area contributed by atoms with Gasteiger partial charge in [0.2, 0.25) is 0 Å². The highest BCUT2D eigenvalue weighted by molar-refractivity contribution is 7.90. The Morgan fingerprint density at radius 3 is 2.42 bits per heavy atom. The maximum Gasteiger partial charge on any atom is 0.341 e. The molecule has 0 aliphatic carbocycles. The molecular formula is C15H12ClFO6S. The van der Waals surface area contributed by atoms with E-state index in [1.807, 2.05) is 0 Å².